The zero-order chi connectivity index (χ0) is 33.7. The number of pyridine rings is 1. The Morgan fingerprint density at radius 2 is 1.58 bits per heavy atom. The Bertz CT molecular complexity index is 1750. The van der Waals surface area contributed by atoms with Gasteiger partial charge in [-0.05, 0) is 42.8 Å². The van der Waals surface area contributed by atoms with Gasteiger partial charge in [-0.2, -0.15) is 31.6 Å². The van der Waals surface area contributed by atoms with Gasteiger partial charge < -0.3 is 15.7 Å². The number of nitrogens with zero attached hydrogens (tertiary/aromatic N) is 2. The van der Waals surface area contributed by atoms with E-state index in [9.17, 15) is 44.7 Å². The van der Waals surface area contributed by atoms with Gasteiger partial charge in [0.1, 0.15) is 23.7 Å². The molecule has 1 amide bonds. The topological polar surface area (TPSA) is 115 Å². The number of anilines is 1. The molecular weight excluding hydrogens is 640 g/mol. The van der Waals surface area contributed by atoms with Crippen LogP contribution in [0.3, 0.4) is 0 Å². The number of aliphatic carboxylic acids is 1. The maximum absolute atomic E-state index is 13.7. The van der Waals surface area contributed by atoms with E-state index in [-0.39, 0.29) is 12.1 Å². The van der Waals surface area contributed by atoms with Crippen LogP contribution in [0, 0.1) is 29.9 Å². The van der Waals surface area contributed by atoms with Gasteiger partial charge in [-0.3, -0.25) is 14.6 Å². The molecule has 7 nitrogen and oxygen atoms in total. The number of carboxylic acid groups (broad SMARTS) is 1. The third-order valence-electron chi connectivity index (χ3n) is 6.01. The van der Waals surface area contributed by atoms with Crippen molar-refractivity contribution in [3.63, 3.8) is 0 Å². The van der Waals surface area contributed by atoms with E-state index in [1.165, 1.54) is 5.56 Å². The molecule has 0 aliphatic rings. The molecule has 1 aromatic heterocycles. The first-order valence-electron chi connectivity index (χ1n) is 12.4. The molecule has 1 heterocycles. The minimum atomic E-state index is -5.80. The van der Waals surface area contributed by atoms with Gasteiger partial charge in [-0.25, -0.2) is 8.78 Å². The van der Waals surface area contributed by atoms with Crippen molar-refractivity contribution in [2.45, 2.75) is 25.3 Å². The minimum absolute atomic E-state index is 0.0449. The first kappa shape index (κ1) is 34.5. The molecule has 4 rings (SSSR count). The third-order valence-corrected chi connectivity index (χ3v) is 6.32. The van der Waals surface area contributed by atoms with Gasteiger partial charge in [-0.15, -0.1) is 0 Å². The van der Waals surface area contributed by atoms with E-state index in [0.29, 0.717) is 10.6 Å². The van der Waals surface area contributed by atoms with Crippen LogP contribution < -0.4 is 10.6 Å². The number of alkyl halides is 6. The SMILES string of the molecule is Cc1ccc(-c2ccc(C#N)cc2Cl)c2ncccc12.O=C(O)CNC(=O)c1c(F)cc(NC(C(F)(F)F)C(F)(F)F)cc1F. The summed E-state index contributed by atoms with van der Waals surface area (Å²) in [5, 5.41) is 21.4. The minimum Gasteiger partial charge on any atom is -0.480 e. The molecule has 0 aliphatic heterocycles. The van der Waals surface area contributed by atoms with Crippen molar-refractivity contribution in [1.82, 2.24) is 10.3 Å². The lowest BCUT2D eigenvalue weighted by Crippen LogP contribution is -2.48. The number of carbonyl (C=O) groups is 2. The number of aromatic nitrogens is 1. The zero-order valence-electron chi connectivity index (χ0n) is 22.6. The van der Waals surface area contributed by atoms with Crippen LogP contribution in [0.5, 0.6) is 0 Å². The van der Waals surface area contributed by atoms with Crippen molar-refractivity contribution >= 4 is 40.1 Å². The number of nitrogens with one attached hydrogen (secondary N) is 2. The fourth-order valence-corrected chi connectivity index (χ4v) is 4.25. The fourth-order valence-electron chi connectivity index (χ4n) is 3.97. The molecule has 3 aromatic carbocycles. The second-order valence-electron chi connectivity index (χ2n) is 9.19. The van der Waals surface area contributed by atoms with Crippen LogP contribution in [0.2, 0.25) is 5.02 Å². The van der Waals surface area contributed by atoms with Gasteiger partial charge >= 0.3 is 18.3 Å². The number of rotatable bonds is 6. The fraction of sp³-hybridized carbons (Fsp3) is 0.172. The molecule has 16 heteroatoms. The Morgan fingerprint density at radius 1 is 0.978 bits per heavy atom. The average molecular weight is 659 g/mol. The average Bonchev–Trinajstić information content (AvgIpc) is 2.94. The molecule has 236 valence electrons. The van der Waals surface area contributed by atoms with Gasteiger partial charge in [0.2, 0.25) is 6.04 Å². The molecule has 3 N–H and O–H groups in total. The highest BCUT2D eigenvalue weighted by Gasteiger charge is 2.57. The Balaban J connectivity index is 0.000000250. The molecule has 0 aliphatic carbocycles. The Labute approximate surface area is 254 Å². The Morgan fingerprint density at radius 3 is 2.11 bits per heavy atom. The molecule has 0 saturated heterocycles. The van der Waals surface area contributed by atoms with Crippen molar-refractivity contribution in [2.75, 3.05) is 11.9 Å². The van der Waals surface area contributed by atoms with Crippen molar-refractivity contribution in [1.29, 1.82) is 5.26 Å². The highest BCUT2D eigenvalue weighted by Crippen LogP contribution is 2.36. The summed E-state index contributed by atoms with van der Waals surface area (Å²) in [6.07, 6.45) is -9.83. The predicted octanol–water partition coefficient (Wildman–Crippen LogP) is 7.42. The maximum Gasteiger partial charge on any atom is 0.417 e. The molecular formula is C29H19ClF8N4O3. The Hall–Kier alpha value is -4.97. The molecule has 0 bridgehead atoms. The van der Waals surface area contributed by atoms with Crippen LogP contribution in [0.4, 0.5) is 40.8 Å². The second-order valence-corrected chi connectivity index (χ2v) is 9.60. The molecule has 4 aromatic rings. The lowest BCUT2D eigenvalue weighted by molar-refractivity contribution is -0.242. The van der Waals surface area contributed by atoms with Crippen LogP contribution in [0.25, 0.3) is 22.0 Å². The number of amides is 1. The van der Waals surface area contributed by atoms with Crippen LogP contribution in [0.15, 0.2) is 60.8 Å². The van der Waals surface area contributed by atoms with Crippen molar-refractivity contribution in [3.8, 4) is 17.2 Å². The first-order valence-corrected chi connectivity index (χ1v) is 12.7. The number of hydrogen-bond acceptors (Lipinski definition) is 5. The smallest absolute Gasteiger partial charge is 0.417 e. The van der Waals surface area contributed by atoms with Crippen LogP contribution in [-0.4, -0.2) is 46.9 Å². The largest absolute Gasteiger partial charge is 0.480 e. The summed E-state index contributed by atoms with van der Waals surface area (Å²) in [6, 6.07) is 11.5. The molecule has 0 radical (unpaired) electrons. The number of fused-ring (bicyclic) bond motifs is 1. The highest BCUT2D eigenvalue weighted by molar-refractivity contribution is 6.33. The van der Waals surface area contributed by atoms with Crippen LogP contribution >= 0.6 is 11.6 Å². The highest BCUT2D eigenvalue weighted by atomic mass is 35.5. The monoisotopic (exact) mass is 658 g/mol. The number of benzene rings is 3. The first-order chi connectivity index (χ1) is 20.9. The number of aryl methyl sites for hydroxylation is 1. The number of carbonyl (C=O) groups excluding carboxylic acids is 1. The zero-order valence-corrected chi connectivity index (χ0v) is 23.4. The van der Waals surface area contributed by atoms with E-state index in [1.54, 1.807) is 23.6 Å². The van der Waals surface area contributed by atoms with Gasteiger partial charge in [0, 0.05) is 33.4 Å². The normalized spacial score (nSPS) is 11.4. The summed E-state index contributed by atoms with van der Waals surface area (Å²) in [7, 11) is 0. The molecule has 0 atom stereocenters. The van der Waals surface area contributed by atoms with E-state index in [2.05, 4.69) is 30.1 Å². The van der Waals surface area contributed by atoms with E-state index >= 15 is 0 Å². The molecule has 0 fully saturated rings. The lowest BCUT2D eigenvalue weighted by Gasteiger charge is -2.25. The van der Waals surface area contributed by atoms with Gasteiger partial charge in [0.25, 0.3) is 5.91 Å². The van der Waals surface area contributed by atoms with Crippen molar-refractivity contribution in [3.05, 3.63) is 94.1 Å². The van der Waals surface area contributed by atoms with Gasteiger partial charge in [-0.1, -0.05) is 35.9 Å². The Kier molecular flexibility index (Phi) is 10.6. The summed E-state index contributed by atoms with van der Waals surface area (Å²) >= 11 is 6.30. The molecule has 0 unspecified atom stereocenters. The third kappa shape index (κ3) is 8.57. The maximum atomic E-state index is 13.7. The quantitative estimate of drug-likeness (QED) is 0.186. The number of halogens is 9. The molecule has 0 spiro atoms. The predicted molar refractivity (Wildman–Crippen MR) is 147 cm³/mol. The summed E-state index contributed by atoms with van der Waals surface area (Å²) in [5.41, 5.74) is 1.98. The number of hydrogen-bond donors (Lipinski definition) is 3. The van der Waals surface area contributed by atoms with E-state index in [1.807, 2.05) is 18.2 Å². The summed E-state index contributed by atoms with van der Waals surface area (Å²) in [5.74, 6) is -6.67. The number of carboxylic acids is 1. The van der Waals surface area contributed by atoms with Crippen LogP contribution in [0.1, 0.15) is 21.5 Å². The summed E-state index contributed by atoms with van der Waals surface area (Å²) in [6.45, 7) is 1.05. The van der Waals surface area contributed by atoms with E-state index in [0.717, 1.165) is 27.3 Å². The summed E-state index contributed by atoms with van der Waals surface area (Å²) < 4.78 is 102. The molecule has 45 heavy (non-hydrogen) atoms. The number of nitriles is 1. The second kappa shape index (κ2) is 13.8. The standard InChI is InChI=1S/C17H11ClN2.C12H8F8N2O3/c1-11-4-6-15(17-13(11)3-2-8-20-17)14-7-5-12(10-19)9-16(14)18;13-5-1-4(22-10(11(15,16)17)12(18,19)20)2-6(14)8(5)9(25)21-3-7(23)24/h2-9H,1H3;1-2,10,22H,3H2,(H,21,25)(H,23,24). The van der Waals surface area contributed by atoms with Crippen LogP contribution in [-0.2, 0) is 4.79 Å². The van der Waals surface area contributed by atoms with E-state index in [4.69, 9.17) is 22.0 Å². The van der Waals surface area contributed by atoms with Crippen molar-refractivity contribution in [2.24, 2.45) is 0 Å². The van der Waals surface area contributed by atoms with Gasteiger partial charge in [0.05, 0.1) is 17.1 Å². The van der Waals surface area contributed by atoms with E-state index < -0.39 is 59.7 Å². The van der Waals surface area contributed by atoms with Crippen molar-refractivity contribution < 1.29 is 49.8 Å². The lowest BCUT2D eigenvalue weighted by atomic mass is 9.98. The molecule has 0 saturated carbocycles. The van der Waals surface area contributed by atoms with Gasteiger partial charge in [0.15, 0.2) is 0 Å². The summed E-state index contributed by atoms with van der Waals surface area (Å²) in [4.78, 5) is 26.1.